The molecule has 0 bridgehead atoms. The van der Waals surface area contributed by atoms with Gasteiger partial charge in [0.2, 0.25) is 0 Å². The number of hydrogen-bond acceptors (Lipinski definition) is 8. The summed E-state index contributed by atoms with van der Waals surface area (Å²) < 4.78 is 26.6. The molecule has 0 unspecified atom stereocenters. The van der Waals surface area contributed by atoms with Crippen molar-refractivity contribution in [2.24, 2.45) is 11.8 Å². The van der Waals surface area contributed by atoms with Crippen LogP contribution in [-0.2, 0) is 14.3 Å². The molecule has 0 spiro atoms. The van der Waals surface area contributed by atoms with Gasteiger partial charge in [0.25, 0.3) is 0 Å². The second-order valence-corrected chi connectivity index (χ2v) is 12.1. The van der Waals surface area contributed by atoms with Gasteiger partial charge < -0.3 is 34.6 Å². The Labute approximate surface area is 249 Å². The van der Waals surface area contributed by atoms with Crippen molar-refractivity contribution < 1.29 is 28.6 Å². The summed E-state index contributed by atoms with van der Waals surface area (Å²) in [7, 11) is 2.03. The number of nitrogens with zero attached hydrogens (tertiary/aromatic N) is 3. The van der Waals surface area contributed by atoms with Crippen molar-refractivity contribution in [2.75, 3.05) is 64.3 Å². The molecule has 1 amide bonds. The highest BCUT2D eigenvalue weighted by molar-refractivity contribution is 5.71. The minimum atomic E-state index is -0.859. The number of amides is 1. The van der Waals surface area contributed by atoms with Crippen LogP contribution in [0, 0.1) is 17.7 Å². The fraction of sp³-hybridized carbons (Fsp3) is 0.625. The van der Waals surface area contributed by atoms with E-state index < -0.39 is 24.3 Å². The van der Waals surface area contributed by atoms with E-state index in [2.05, 4.69) is 15.1 Å². The van der Waals surface area contributed by atoms with Gasteiger partial charge in [0.05, 0.1) is 12.5 Å². The van der Waals surface area contributed by atoms with Crippen molar-refractivity contribution in [1.29, 1.82) is 0 Å². The summed E-state index contributed by atoms with van der Waals surface area (Å²) in [6, 6.07) is 4.98. The van der Waals surface area contributed by atoms with E-state index in [4.69, 9.17) is 9.47 Å². The van der Waals surface area contributed by atoms with Crippen molar-refractivity contribution in [3.05, 3.63) is 47.3 Å². The molecular formula is C32H47FN4O5. The quantitative estimate of drug-likeness (QED) is 0.408. The smallest absolute Gasteiger partial charge is 0.410 e. The lowest BCUT2D eigenvalue weighted by atomic mass is 9.91. The first-order valence-electron chi connectivity index (χ1n) is 15.2. The molecule has 3 aliphatic rings. The number of piperazine rings is 2. The molecule has 1 aromatic carbocycles. The monoisotopic (exact) mass is 586 g/mol. The van der Waals surface area contributed by atoms with Crippen LogP contribution in [0.15, 0.2) is 35.9 Å². The van der Waals surface area contributed by atoms with E-state index in [0.717, 1.165) is 50.5 Å². The summed E-state index contributed by atoms with van der Waals surface area (Å²) in [5, 5.41) is 13.9. The maximum absolute atomic E-state index is 14.7. The average molecular weight is 587 g/mol. The number of likely N-dealkylation sites (N-methyl/N-ethyl adjacent to an activating group) is 1. The highest BCUT2D eigenvalue weighted by Crippen LogP contribution is 2.27. The van der Waals surface area contributed by atoms with Crippen LogP contribution in [0.1, 0.15) is 45.6 Å². The number of ether oxygens (including phenoxy) is 2. The number of cyclic esters (lactones) is 1. The number of nitrogens with one attached hydrogen (secondary N) is 1. The number of aliphatic hydroxyl groups is 1. The zero-order chi connectivity index (χ0) is 30.2. The number of anilines is 1. The van der Waals surface area contributed by atoms with Crippen molar-refractivity contribution in [1.82, 2.24) is 15.1 Å². The molecule has 0 saturated carbocycles. The van der Waals surface area contributed by atoms with Crippen molar-refractivity contribution >= 4 is 23.8 Å². The number of carbonyl (C=O) groups excluding carboxylic acids is 2. The molecule has 232 valence electrons. The van der Waals surface area contributed by atoms with Crippen LogP contribution in [0.5, 0.6) is 0 Å². The van der Waals surface area contributed by atoms with Crippen LogP contribution < -0.4 is 10.2 Å². The minimum absolute atomic E-state index is 0.0549. The predicted molar refractivity (Wildman–Crippen MR) is 162 cm³/mol. The fourth-order valence-electron chi connectivity index (χ4n) is 5.76. The van der Waals surface area contributed by atoms with Gasteiger partial charge in [0, 0.05) is 64.0 Å². The molecule has 3 heterocycles. The number of carbonyl (C=O) groups is 2. The number of rotatable bonds is 4. The molecule has 0 radical (unpaired) electrons. The lowest BCUT2D eigenvalue weighted by Gasteiger charge is -2.33. The Morgan fingerprint density at radius 3 is 2.50 bits per heavy atom. The molecule has 9 nitrogen and oxygen atoms in total. The Hall–Kier alpha value is -2.95. The standard InChI is InChI=1S/C32H47FN4O5/c1-22-5-7-28(38)21-30(39)42-31(23(2)6-8-29(22)41-32(40)37-15-13-35(4)14-16-37)24(3)17-25-18-26(33)20-27(19-25)36-11-9-34-10-12-36/h6,8,17-20,22-23,28-29,31,34,38H,5,7,9-16,21H2,1-4H3/b8-6+,24-17+/t22-,23-,28+,29-,31-/m0/s1. The molecule has 5 atom stereocenters. The van der Waals surface area contributed by atoms with Gasteiger partial charge in [-0.2, -0.15) is 0 Å². The third-order valence-corrected chi connectivity index (χ3v) is 8.49. The highest BCUT2D eigenvalue weighted by atomic mass is 19.1. The van der Waals surface area contributed by atoms with E-state index in [1.807, 2.05) is 52.1 Å². The Kier molecular flexibility index (Phi) is 11.4. The Balaban J connectivity index is 1.56. The van der Waals surface area contributed by atoms with Crippen LogP contribution in [0.3, 0.4) is 0 Å². The van der Waals surface area contributed by atoms with E-state index in [9.17, 15) is 19.1 Å². The van der Waals surface area contributed by atoms with Gasteiger partial charge in [-0.3, -0.25) is 4.79 Å². The SMILES string of the molecule is C/C(=C\c1cc(F)cc(N2CCNCC2)c1)[C@H]1OC(=O)C[C@H](O)CC[C@H](C)[C@@H](OC(=O)N2CCN(C)CC2)/C=C/[C@@H]1C. The highest BCUT2D eigenvalue weighted by Gasteiger charge is 2.29. The summed E-state index contributed by atoms with van der Waals surface area (Å²) in [4.78, 5) is 31.9. The summed E-state index contributed by atoms with van der Waals surface area (Å²) in [5.41, 5.74) is 2.26. The van der Waals surface area contributed by atoms with E-state index in [1.54, 1.807) is 11.0 Å². The summed E-state index contributed by atoms with van der Waals surface area (Å²) in [6.07, 6.45) is 4.20. The van der Waals surface area contributed by atoms with Crippen molar-refractivity contribution in [3.8, 4) is 0 Å². The predicted octanol–water partition coefficient (Wildman–Crippen LogP) is 3.68. The lowest BCUT2D eigenvalue weighted by Crippen LogP contribution is -2.48. The van der Waals surface area contributed by atoms with Crippen molar-refractivity contribution in [3.63, 3.8) is 0 Å². The molecule has 2 saturated heterocycles. The van der Waals surface area contributed by atoms with E-state index >= 15 is 0 Å². The van der Waals surface area contributed by atoms with Gasteiger partial charge in [-0.15, -0.1) is 0 Å². The molecule has 3 aliphatic heterocycles. The number of esters is 1. The molecule has 0 aromatic heterocycles. The minimum Gasteiger partial charge on any atom is -0.457 e. The first kappa shape index (κ1) is 32.0. The summed E-state index contributed by atoms with van der Waals surface area (Å²) in [5.74, 6) is -1.12. The Bertz CT molecular complexity index is 1130. The number of hydrogen-bond donors (Lipinski definition) is 2. The van der Waals surface area contributed by atoms with Crippen LogP contribution in [-0.4, -0.2) is 105 Å². The van der Waals surface area contributed by atoms with E-state index in [1.165, 1.54) is 6.07 Å². The second kappa shape index (κ2) is 15.0. The van der Waals surface area contributed by atoms with Crippen LogP contribution in [0.2, 0.25) is 0 Å². The third-order valence-electron chi connectivity index (χ3n) is 8.49. The van der Waals surface area contributed by atoms with Gasteiger partial charge >= 0.3 is 12.1 Å². The van der Waals surface area contributed by atoms with Gasteiger partial charge in [-0.05, 0) is 68.1 Å². The van der Waals surface area contributed by atoms with Crippen LogP contribution >= 0.6 is 0 Å². The summed E-state index contributed by atoms with van der Waals surface area (Å²) in [6.45, 7) is 11.9. The molecule has 0 aliphatic carbocycles. The molecular weight excluding hydrogens is 539 g/mol. The Morgan fingerprint density at radius 2 is 1.79 bits per heavy atom. The van der Waals surface area contributed by atoms with Crippen LogP contribution in [0.4, 0.5) is 14.9 Å². The number of halogens is 1. The normalized spacial score (nSPS) is 29.7. The van der Waals surface area contributed by atoms with Gasteiger partial charge in [-0.25, -0.2) is 9.18 Å². The zero-order valence-electron chi connectivity index (χ0n) is 25.4. The maximum Gasteiger partial charge on any atom is 0.410 e. The van der Waals surface area contributed by atoms with Crippen LogP contribution in [0.25, 0.3) is 6.08 Å². The molecule has 4 rings (SSSR count). The zero-order valence-corrected chi connectivity index (χ0v) is 25.4. The second-order valence-electron chi connectivity index (χ2n) is 12.1. The topological polar surface area (TPSA) is 94.6 Å². The number of aliphatic hydroxyl groups excluding tert-OH is 1. The molecule has 1 aromatic rings. The fourth-order valence-corrected chi connectivity index (χ4v) is 5.76. The first-order chi connectivity index (χ1) is 20.1. The molecule has 2 N–H and O–H groups in total. The van der Waals surface area contributed by atoms with E-state index in [0.29, 0.717) is 31.5 Å². The first-order valence-corrected chi connectivity index (χ1v) is 15.2. The Morgan fingerprint density at radius 1 is 1.07 bits per heavy atom. The molecule has 2 fully saturated rings. The summed E-state index contributed by atoms with van der Waals surface area (Å²) >= 11 is 0. The average Bonchev–Trinajstić information content (AvgIpc) is 2.96. The van der Waals surface area contributed by atoms with Gasteiger partial charge in [-0.1, -0.05) is 26.0 Å². The van der Waals surface area contributed by atoms with Gasteiger partial charge in [0.1, 0.15) is 18.0 Å². The third kappa shape index (κ3) is 9.02. The molecule has 10 heteroatoms. The number of benzene rings is 1. The largest absolute Gasteiger partial charge is 0.457 e. The maximum atomic E-state index is 14.7. The van der Waals surface area contributed by atoms with Crippen molar-refractivity contribution in [2.45, 2.75) is 58.3 Å². The molecule has 42 heavy (non-hydrogen) atoms. The lowest BCUT2D eigenvalue weighted by molar-refractivity contribution is -0.151. The van der Waals surface area contributed by atoms with Gasteiger partial charge in [0.15, 0.2) is 0 Å². The van der Waals surface area contributed by atoms with E-state index in [-0.39, 0.29) is 30.2 Å².